The van der Waals surface area contributed by atoms with Gasteiger partial charge in [-0.15, -0.1) is 0 Å². The number of aromatic nitrogens is 1. The molecule has 0 spiro atoms. The number of carboxylic acid groups (broad SMARTS) is 1. The van der Waals surface area contributed by atoms with E-state index in [1.807, 2.05) is 0 Å². The molecule has 0 saturated heterocycles. The molecule has 7 heteroatoms. The van der Waals surface area contributed by atoms with Crippen molar-refractivity contribution in [1.82, 2.24) is 4.98 Å². The standard InChI is InChI=1S/C16H23N3O4/c1-23-14(20)8-12-7-13(19-16(21)22)10-18-15(12)17-9-11-5-3-2-4-6-11/h7,10-11,19H,2-6,8-9H2,1H3,(H,17,18)(H,21,22). The Hall–Kier alpha value is -2.31. The Morgan fingerprint density at radius 1 is 1.35 bits per heavy atom. The Bertz CT molecular complexity index is 556. The van der Waals surface area contributed by atoms with Crippen molar-refractivity contribution in [2.45, 2.75) is 38.5 Å². The molecule has 0 unspecified atom stereocenters. The number of carbonyl (C=O) groups excluding carboxylic acids is 1. The number of carbonyl (C=O) groups is 2. The highest BCUT2D eigenvalue weighted by Crippen LogP contribution is 2.25. The van der Waals surface area contributed by atoms with Crippen LogP contribution in [0.3, 0.4) is 0 Å². The fraction of sp³-hybridized carbons (Fsp3) is 0.562. The minimum Gasteiger partial charge on any atom is -0.469 e. The van der Waals surface area contributed by atoms with Crippen LogP contribution in [-0.4, -0.2) is 35.8 Å². The summed E-state index contributed by atoms with van der Waals surface area (Å²) in [6.07, 6.45) is 6.56. The van der Waals surface area contributed by atoms with E-state index in [1.54, 1.807) is 6.07 Å². The van der Waals surface area contributed by atoms with Crippen molar-refractivity contribution >= 4 is 23.6 Å². The Morgan fingerprint density at radius 3 is 2.74 bits per heavy atom. The number of hydrogen-bond acceptors (Lipinski definition) is 5. The van der Waals surface area contributed by atoms with Crippen molar-refractivity contribution in [2.75, 3.05) is 24.3 Å². The zero-order chi connectivity index (χ0) is 16.7. The lowest BCUT2D eigenvalue weighted by Crippen LogP contribution is -2.19. The number of esters is 1. The number of nitrogens with one attached hydrogen (secondary N) is 2. The SMILES string of the molecule is COC(=O)Cc1cc(NC(=O)O)cnc1NCC1CCCCC1. The van der Waals surface area contributed by atoms with Gasteiger partial charge in [0.1, 0.15) is 5.82 Å². The third-order valence-electron chi connectivity index (χ3n) is 4.06. The number of pyridine rings is 1. The van der Waals surface area contributed by atoms with Gasteiger partial charge in [0.25, 0.3) is 0 Å². The van der Waals surface area contributed by atoms with Gasteiger partial charge in [-0.05, 0) is 24.8 Å². The maximum Gasteiger partial charge on any atom is 0.409 e. The first-order chi connectivity index (χ1) is 11.1. The Labute approximate surface area is 135 Å². The van der Waals surface area contributed by atoms with Gasteiger partial charge in [0, 0.05) is 12.1 Å². The third-order valence-corrected chi connectivity index (χ3v) is 4.06. The first kappa shape index (κ1) is 17.1. The molecule has 0 radical (unpaired) electrons. The molecule has 0 aromatic carbocycles. The molecule has 1 amide bonds. The number of hydrogen-bond donors (Lipinski definition) is 3. The molecule has 7 nitrogen and oxygen atoms in total. The van der Waals surface area contributed by atoms with Gasteiger partial charge in [0.05, 0.1) is 25.4 Å². The van der Waals surface area contributed by atoms with Crippen LogP contribution >= 0.6 is 0 Å². The minimum atomic E-state index is -1.17. The summed E-state index contributed by atoms with van der Waals surface area (Å²) in [5.74, 6) is 0.838. The summed E-state index contributed by atoms with van der Waals surface area (Å²) in [5.41, 5.74) is 0.957. The van der Waals surface area contributed by atoms with E-state index in [2.05, 4.69) is 15.6 Å². The van der Waals surface area contributed by atoms with Crippen molar-refractivity contribution < 1.29 is 19.4 Å². The second-order valence-corrected chi connectivity index (χ2v) is 5.80. The molecule has 0 aliphatic heterocycles. The van der Waals surface area contributed by atoms with Crippen molar-refractivity contribution in [3.63, 3.8) is 0 Å². The van der Waals surface area contributed by atoms with Crippen molar-refractivity contribution in [3.05, 3.63) is 17.8 Å². The highest BCUT2D eigenvalue weighted by molar-refractivity contribution is 5.83. The number of amides is 1. The van der Waals surface area contributed by atoms with Crippen LogP contribution in [0, 0.1) is 5.92 Å². The van der Waals surface area contributed by atoms with Crippen LogP contribution in [-0.2, 0) is 16.0 Å². The highest BCUT2D eigenvalue weighted by Gasteiger charge is 2.16. The molecule has 1 aromatic rings. The molecular formula is C16H23N3O4. The lowest BCUT2D eigenvalue weighted by molar-refractivity contribution is -0.139. The summed E-state index contributed by atoms with van der Waals surface area (Å²) in [5, 5.41) is 14.3. The van der Waals surface area contributed by atoms with Crippen LogP contribution in [0.1, 0.15) is 37.7 Å². The summed E-state index contributed by atoms with van der Waals surface area (Å²) in [6, 6.07) is 1.61. The fourth-order valence-electron chi connectivity index (χ4n) is 2.86. The van der Waals surface area contributed by atoms with Crippen LogP contribution in [0.4, 0.5) is 16.3 Å². The predicted octanol–water partition coefficient (Wildman–Crippen LogP) is 2.88. The summed E-state index contributed by atoms with van der Waals surface area (Å²) < 4.78 is 4.69. The van der Waals surface area contributed by atoms with Crippen LogP contribution in [0.2, 0.25) is 0 Å². The molecule has 126 valence electrons. The maximum atomic E-state index is 11.6. The highest BCUT2D eigenvalue weighted by atomic mass is 16.5. The fourth-order valence-corrected chi connectivity index (χ4v) is 2.86. The molecule has 1 saturated carbocycles. The summed E-state index contributed by atoms with van der Waals surface area (Å²) in [6.45, 7) is 0.812. The predicted molar refractivity (Wildman–Crippen MR) is 86.7 cm³/mol. The Kier molecular flexibility index (Phi) is 6.19. The van der Waals surface area contributed by atoms with Gasteiger partial charge in [0.2, 0.25) is 0 Å². The van der Waals surface area contributed by atoms with Gasteiger partial charge in [-0.2, -0.15) is 0 Å². The van der Waals surface area contributed by atoms with Gasteiger partial charge in [0.15, 0.2) is 0 Å². The smallest absolute Gasteiger partial charge is 0.409 e. The van der Waals surface area contributed by atoms with E-state index >= 15 is 0 Å². The van der Waals surface area contributed by atoms with Crippen LogP contribution in [0.25, 0.3) is 0 Å². The average Bonchev–Trinajstić information content (AvgIpc) is 2.54. The average molecular weight is 321 g/mol. The second kappa shape index (κ2) is 8.36. The molecule has 1 heterocycles. The Balaban J connectivity index is 2.08. The van der Waals surface area contributed by atoms with E-state index in [-0.39, 0.29) is 12.4 Å². The summed E-state index contributed by atoms with van der Waals surface area (Å²) in [7, 11) is 1.32. The molecular weight excluding hydrogens is 298 g/mol. The normalized spacial score (nSPS) is 15.0. The topological polar surface area (TPSA) is 101 Å². The van der Waals surface area contributed by atoms with Gasteiger partial charge < -0.3 is 15.2 Å². The zero-order valence-corrected chi connectivity index (χ0v) is 13.3. The molecule has 0 atom stereocenters. The molecule has 2 rings (SSSR count). The molecule has 1 aliphatic rings. The minimum absolute atomic E-state index is 0.0473. The van der Waals surface area contributed by atoms with Crippen LogP contribution in [0.15, 0.2) is 12.3 Å². The van der Waals surface area contributed by atoms with Crippen molar-refractivity contribution in [3.8, 4) is 0 Å². The van der Waals surface area contributed by atoms with E-state index in [0.29, 0.717) is 23.0 Å². The number of ether oxygens (including phenoxy) is 1. The van der Waals surface area contributed by atoms with Crippen LogP contribution < -0.4 is 10.6 Å². The third kappa shape index (κ3) is 5.43. The zero-order valence-electron chi connectivity index (χ0n) is 13.3. The van der Waals surface area contributed by atoms with Gasteiger partial charge in [-0.25, -0.2) is 9.78 Å². The van der Waals surface area contributed by atoms with E-state index in [1.165, 1.54) is 45.4 Å². The monoisotopic (exact) mass is 321 g/mol. The second-order valence-electron chi connectivity index (χ2n) is 5.80. The van der Waals surface area contributed by atoms with Crippen molar-refractivity contribution in [1.29, 1.82) is 0 Å². The van der Waals surface area contributed by atoms with E-state index in [0.717, 1.165) is 6.54 Å². The Morgan fingerprint density at radius 2 is 2.09 bits per heavy atom. The number of rotatable bonds is 6. The maximum absolute atomic E-state index is 11.6. The van der Waals surface area contributed by atoms with E-state index in [9.17, 15) is 9.59 Å². The quantitative estimate of drug-likeness (QED) is 0.697. The molecule has 1 fully saturated rings. The molecule has 1 aliphatic carbocycles. The van der Waals surface area contributed by atoms with Gasteiger partial charge in [-0.1, -0.05) is 19.3 Å². The summed E-state index contributed by atoms with van der Waals surface area (Å²) in [4.78, 5) is 26.5. The first-order valence-corrected chi connectivity index (χ1v) is 7.88. The molecule has 3 N–H and O–H groups in total. The number of methoxy groups -OCH3 is 1. The summed E-state index contributed by atoms with van der Waals surface area (Å²) >= 11 is 0. The van der Waals surface area contributed by atoms with Gasteiger partial charge in [-0.3, -0.25) is 10.1 Å². The molecule has 23 heavy (non-hydrogen) atoms. The number of nitrogens with zero attached hydrogens (tertiary/aromatic N) is 1. The van der Waals surface area contributed by atoms with Crippen LogP contribution in [0.5, 0.6) is 0 Å². The lowest BCUT2D eigenvalue weighted by Gasteiger charge is -2.22. The number of anilines is 2. The molecule has 1 aromatic heterocycles. The largest absolute Gasteiger partial charge is 0.469 e. The molecule has 0 bridgehead atoms. The van der Waals surface area contributed by atoms with Crippen molar-refractivity contribution in [2.24, 2.45) is 5.92 Å². The van der Waals surface area contributed by atoms with E-state index < -0.39 is 6.09 Å². The van der Waals surface area contributed by atoms with E-state index in [4.69, 9.17) is 9.84 Å². The first-order valence-electron chi connectivity index (χ1n) is 7.88. The lowest BCUT2D eigenvalue weighted by atomic mass is 9.89. The van der Waals surface area contributed by atoms with Gasteiger partial charge >= 0.3 is 12.1 Å².